The highest BCUT2D eigenvalue weighted by Gasteiger charge is 2.29. The van der Waals surface area contributed by atoms with Crippen molar-refractivity contribution in [3.63, 3.8) is 0 Å². The fourth-order valence-electron chi connectivity index (χ4n) is 3.96. The molecule has 2 aromatic heterocycles. The van der Waals surface area contributed by atoms with E-state index in [4.69, 9.17) is 9.40 Å². The number of hydrogen-bond acceptors (Lipinski definition) is 7. The Balaban J connectivity index is 1.28. The molecule has 2 N–H and O–H groups in total. The van der Waals surface area contributed by atoms with Crippen LogP contribution in [-0.4, -0.2) is 51.9 Å². The van der Waals surface area contributed by atoms with Gasteiger partial charge in [-0.1, -0.05) is 18.7 Å². The van der Waals surface area contributed by atoms with Crippen LogP contribution in [-0.2, 0) is 4.79 Å². The predicted molar refractivity (Wildman–Crippen MR) is 118 cm³/mol. The lowest BCUT2D eigenvalue weighted by molar-refractivity contribution is -0.132. The van der Waals surface area contributed by atoms with Gasteiger partial charge >= 0.3 is 5.76 Å². The van der Waals surface area contributed by atoms with Gasteiger partial charge in [-0.15, -0.1) is 0 Å². The van der Waals surface area contributed by atoms with Gasteiger partial charge in [-0.25, -0.2) is 9.78 Å². The van der Waals surface area contributed by atoms with Crippen LogP contribution in [0.5, 0.6) is 0 Å². The van der Waals surface area contributed by atoms with Crippen LogP contribution in [0.4, 0.5) is 17.5 Å². The second kappa shape index (κ2) is 7.75. The van der Waals surface area contributed by atoms with Crippen molar-refractivity contribution in [2.24, 2.45) is 5.92 Å². The Labute approximate surface area is 178 Å². The molecule has 1 fully saturated rings. The van der Waals surface area contributed by atoms with Gasteiger partial charge in [-0.2, -0.15) is 4.98 Å². The molecule has 9 nitrogen and oxygen atoms in total. The Bertz CT molecular complexity index is 1240. The average Bonchev–Trinajstić information content (AvgIpc) is 3.11. The second-order valence-electron chi connectivity index (χ2n) is 7.77. The molecule has 1 amide bonds. The van der Waals surface area contributed by atoms with Crippen molar-refractivity contribution in [1.29, 1.82) is 0 Å². The quantitative estimate of drug-likeness (QED) is 0.592. The number of aromatic nitrogens is 3. The summed E-state index contributed by atoms with van der Waals surface area (Å²) in [6.07, 6.45) is 8.30. The standard InChI is InChI=1S/C22H22N6O3/c1-2-19(29)28-12-14(13-28)7-9-27-8-3-4-15-11-23-21(26-20(15)27)24-16-5-6-17-18(10-16)31-22(30)25-17/h2-6,10-11,14H,1,7-9,12-13H2,(H,25,30)(H,23,24,26). The van der Waals surface area contributed by atoms with Crippen LogP contribution in [0.2, 0.25) is 0 Å². The molecule has 1 aromatic carbocycles. The molecule has 0 radical (unpaired) electrons. The molecule has 3 aromatic rings. The first-order valence-corrected chi connectivity index (χ1v) is 10.2. The number of oxazole rings is 1. The molecule has 0 bridgehead atoms. The van der Waals surface area contributed by atoms with Gasteiger partial charge in [0.2, 0.25) is 11.9 Å². The van der Waals surface area contributed by atoms with Crippen LogP contribution < -0.4 is 16.0 Å². The van der Waals surface area contributed by atoms with Gasteiger partial charge in [0.1, 0.15) is 5.82 Å². The molecular weight excluding hydrogens is 396 g/mol. The van der Waals surface area contributed by atoms with E-state index in [-0.39, 0.29) is 5.91 Å². The van der Waals surface area contributed by atoms with Gasteiger partial charge in [-0.05, 0) is 30.5 Å². The lowest BCUT2D eigenvalue weighted by Gasteiger charge is -2.40. The minimum atomic E-state index is -0.483. The number of carbonyl (C=O) groups is 1. The molecule has 0 atom stereocenters. The maximum absolute atomic E-state index is 11.6. The minimum absolute atomic E-state index is 0.00283. The van der Waals surface area contributed by atoms with Crippen molar-refractivity contribution in [3.8, 4) is 0 Å². The number of nitrogens with zero attached hydrogens (tertiary/aromatic N) is 4. The van der Waals surface area contributed by atoms with Crippen molar-refractivity contribution in [1.82, 2.24) is 19.9 Å². The van der Waals surface area contributed by atoms with Crippen LogP contribution in [0, 0.1) is 5.92 Å². The van der Waals surface area contributed by atoms with E-state index in [2.05, 4.69) is 32.8 Å². The number of amides is 1. The van der Waals surface area contributed by atoms with Crippen LogP contribution >= 0.6 is 0 Å². The summed E-state index contributed by atoms with van der Waals surface area (Å²) < 4.78 is 5.11. The highest BCUT2D eigenvalue weighted by Crippen LogP contribution is 2.28. The van der Waals surface area contributed by atoms with Crippen molar-refractivity contribution >= 4 is 40.5 Å². The van der Waals surface area contributed by atoms with E-state index in [1.807, 2.05) is 17.0 Å². The van der Waals surface area contributed by atoms with E-state index in [0.717, 1.165) is 49.7 Å². The molecule has 2 aliphatic rings. The minimum Gasteiger partial charge on any atom is -0.408 e. The fourth-order valence-corrected chi connectivity index (χ4v) is 3.96. The molecule has 4 heterocycles. The lowest BCUT2D eigenvalue weighted by atomic mass is 9.95. The normalized spacial score (nSPS) is 15.6. The number of hydrogen-bond donors (Lipinski definition) is 2. The molecule has 0 aliphatic carbocycles. The number of likely N-dealkylation sites (tertiary alicyclic amines) is 1. The van der Waals surface area contributed by atoms with E-state index in [1.54, 1.807) is 18.3 Å². The summed E-state index contributed by atoms with van der Waals surface area (Å²) in [5, 5.41) is 3.19. The first kappa shape index (κ1) is 19.1. The number of H-pyrrole nitrogens is 1. The maximum atomic E-state index is 11.6. The number of benzene rings is 1. The summed E-state index contributed by atoms with van der Waals surface area (Å²) in [7, 11) is 0. The number of rotatable bonds is 6. The predicted octanol–water partition coefficient (Wildman–Crippen LogP) is 2.52. The van der Waals surface area contributed by atoms with E-state index in [1.165, 1.54) is 6.08 Å². The summed E-state index contributed by atoms with van der Waals surface area (Å²) in [4.78, 5) is 38.8. The molecule has 31 heavy (non-hydrogen) atoms. The Morgan fingerprint density at radius 1 is 1.39 bits per heavy atom. The van der Waals surface area contributed by atoms with Crippen LogP contribution in [0.1, 0.15) is 12.0 Å². The van der Waals surface area contributed by atoms with E-state index in [0.29, 0.717) is 23.0 Å². The molecule has 2 aliphatic heterocycles. The smallest absolute Gasteiger partial charge is 0.408 e. The SMILES string of the molecule is C=CC(=O)N1CC(CCN2CC=Cc3cnc(Nc4ccc5[nH]c(=O)oc5c4)nc32)C1. The number of carbonyl (C=O) groups excluding carboxylic acids is 1. The van der Waals surface area contributed by atoms with Gasteiger partial charge in [0.05, 0.1) is 5.52 Å². The van der Waals surface area contributed by atoms with Gasteiger partial charge in [-0.3, -0.25) is 9.78 Å². The maximum Gasteiger partial charge on any atom is 0.417 e. The number of nitrogens with one attached hydrogen (secondary N) is 2. The zero-order valence-electron chi connectivity index (χ0n) is 16.9. The molecule has 0 spiro atoms. The van der Waals surface area contributed by atoms with E-state index < -0.39 is 5.76 Å². The summed E-state index contributed by atoms with van der Waals surface area (Å²) in [6, 6.07) is 5.34. The topological polar surface area (TPSA) is 107 Å². The van der Waals surface area contributed by atoms with Crippen LogP contribution in [0.3, 0.4) is 0 Å². The third-order valence-electron chi connectivity index (χ3n) is 5.65. The van der Waals surface area contributed by atoms with Crippen molar-refractivity contribution < 1.29 is 9.21 Å². The van der Waals surface area contributed by atoms with Gasteiger partial charge < -0.3 is 19.5 Å². The molecule has 9 heteroatoms. The Morgan fingerprint density at radius 2 is 2.26 bits per heavy atom. The Kier molecular flexibility index (Phi) is 4.78. The monoisotopic (exact) mass is 418 g/mol. The fraction of sp³-hybridized carbons (Fsp3) is 0.273. The average molecular weight is 418 g/mol. The first-order valence-electron chi connectivity index (χ1n) is 10.2. The molecular formula is C22H22N6O3. The molecule has 158 valence electrons. The van der Waals surface area contributed by atoms with Gasteiger partial charge in [0.15, 0.2) is 5.58 Å². The largest absolute Gasteiger partial charge is 0.417 e. The Morgan fingerprint density at radius 3 is 3.10 bits per heavy atom. The van der Waals surface area contributed by atoms with Crippen LogP contribution in [0.25, 0.3) is 17.2 Å². The summed E-state index contributed by atoms with van der Waals surface area (Å²) >= 11 is 0. The number of aromatic amines is 1. The third-order valence-corrected chi connectivity index (χ3v) is 5.65. The van der Waals surface area contributed by atoms with E-state index in [9.17, 15) is 9.59 Å². The zero-order chi connectivity index (χ0) is 21.4. The first-order chi connectivity index (χ1) is 15.1. The van der Waals surface area contributed by atoms with E-state index >= 15 is 0 Å². The van der Waals surface area contributed by atoms with Crippen LogP contribution in [0.15, 0.2) is 52.3 Å². The second-order valence-corrected chi connectivity index (χ2v) is 7.77. The van der Waals surface area contributed by atoms with Crippen molar-refractivity contribution in [3.05, 3.63) is 59.2 Å². The summed E-state index contributed by atoms with van der Waals surface area (Å²) in [5.41, 5.74) is 2.82. The lowest BCUT2D eigenvalue weighted by Crippen LogP contribution is -2.50. The Hall–Kier alpha value is -3.88. The summed E-state index contributed by atoms with van der Waals surface area (Å²) in [6.45, 7) is 6.75. The molecule has 0 saturated carbocycles. The third kappa shape index (κ3) is 3.81. The molecule has 5 rings (SSSR count). The van der Waals surface area contributed by atoms with Gasteiger partial charge in [0.25, 0.3) is 0 Å². The van der Waals surface area contributed by atoms with Gasteiger partial charge in [0, 0.05) is 49.7 Å². The highest BCUT2D eigenvalue weighted by atomic mass is 16.4. The van der Waals surface area contributed by atoms with Crippen molar-refractivity contribution in [2.45, 2.75) is 6.42 Å². The molecule has 0 unspecified atom stereocenters. The summed E-state index contributed by atoms with van der Waals surface area (Å²) in [5.74, 6) is 1.38. The van der Waals surface area contributed by atoms with Crippen molar-refractivity contribution in [2.75, 3.05) is 36.4 Å². The number of fused-ring (bicyclic) bond motifs is 2. The molecule has 1 saturated heterocycles. The zero-order valence-corrected chi connectivity index (χ0v) is 16.9. The number of anilines is 3. The highest BCUT2D eigenvalue weighted by molar-refractivity contribution is 5.87.